The summed E-state index contributed by atoms with van der Waals surface area (Å²) >= 11 is 0. The van der Waals surface area contributed by atoms with Crippen LogP contribution in [-0.4, -0.2) is 18.3 Å². The Balaban J connectivity index is 3.90. The molecule has 0 aliphatic rings. The van der Waals surface area contributed by atoms with Crippen molar-refractivity contribution in [1.82, 2.24) is 4.98 Å². The van der Waals surface area contributed by atoms with Gasteiger partial charge in [-0.2, -0.15) is 5.26 Å². The average Bonchev–Trinajstić information content (AvgIpc) is 2.25. The van der Waals surface area contributed by atoms with Gasteiger partial charge in [0.1, 0.15) is 22.7 Å². The topological polar surface area (TPSA) is 114 Å². The molecular formula is C7H2ClF2N3O4S. The second kappa shape index (κ2) is 4.79. The van der Waals surface area contributed by atoms with Gasteiger partial charge in [-0.15, -0.1) is 0 Å². The molecule has 0 radical (unpaired) electrons. The summed E-state index contributed by atoms with van der Waals surface area (Å²) in [6.45, 7) is 0. The van der Waals surface area contributed by atoms with Crippen LogP contribution in [0.5, 0.6) is 0 Å². The first-order chi connectivity index (χ1) is 8.20. The average molecular weight is 298 g/mol. The summed E-state index contributed by atoms with van der Waals surface area (Å²) in [7, 11) is 0.119. The Morgan fingerprint density at radius 1 is 1.56 bits per heavy atom. The van der Waals surface area contributed by atoms with Crippen LogP contribution in [0.15, 0.2) is 11.1 Å². The molecule has 1 aromatic heterocycles. The molecule has 0 saturated heterocycles. The van der Waals surface area contributed by atoms with E-state index < -0.39 is 42.2 Å². The van der Waals surface area contributed by atoms with Crippen molar-refractivity contribution in [3.8, 4) is 6.07 Å². The largest absolute Gasteiger partial charge is 0.297 e. The minimum atomic E-state index is -4.77. The van der Waals surface area contributed by atoms with Crippen LogP contribution in [-0.2, 0) is 9.05 Å². The summed E-state index contributed by atoms with van der Waals surface area (Å²) in [6, 6.07) is 1.23. The van der Waals surface area contributed by atoms with Crippen molar-refractivity contribution in [2.45, 2.75) is 11.3 Å². The molecule has 0 atom stereocenters. The number of pyridine rings is 1. The third-order valence-electron chi connectivity index (χ3n) is 1.82. The van der Waals surface area contributed by atoms with Crippen LogP contribution in [0.1, 0.15) is 17.7 Å². The van der Waals surface area contributed by atoms with Crippen molar-refractivity contribution in [1.29, 1.82) is 5.26 Å². The van der Waals surface area contributed by atoms with E-state index in [4.69, 9.17) is 15.9 Å². The number of rotatable bonds is 3. The summed E-state index contributed by atoms with van der Waals surface area (Å²) in [5.41, 5.74) is -3.59. The lowest BCUT2D eigenvalue weighted by Gasteiger charge is -2.07. The summed E-state index contributed by atoms with van der Waals surface area (Å²) in [5, 5.41) is 19.1. The molecule has 1 aromatic rings. The summed E-state index contributed by atoms with van der Waals surface area (Å²) in [5.74, 6) is 0. The van der Waals surface area contributed by atoms with E-state index in [1.165, 1.54) is 6.07 Å². The highest BCUT2D eigenvalue weighted by atomic mass is 35.7. The Bertz CT molecular complexity index is 655. The molecular weight excluding hydrogens is 296 g/mol. The van der Waals surface area contributed by atoms with Gasteiger partial charge < -0.3 is 0 Å². The van der Waals surface area contributed by atoms with E-state index in [0.717, 1.165) is 0 Å². The fraction of sp³-hybridized carbons (Fsp3) is 0.143. The van der Waals surface area contributed by atoms with Gasteiger partial charge in [0.05, 0.1) is 4.92 Å². The van der Waals surface area contributed by atoms with E-state index >= 15 is 0 Å². The molecule has 0 bridgehead atoms. The van der Waals surface area contributed by atoms with Gasteiger partial charge in [-0.1, -0.05) is 0 Å². The lowest BCUT2D eigenvalue weighted by Crippen LogP contribution is -2.08. The number of hydrogen-bond acceptors (Lipinski definition) is 6. The first-order valence-electron chi connectivity index (χ1n) is 4.00. The van der Waals surface area contributed by atoms with Gasteiger partial charge >= 0.3 is 0 Å². The lowest BCUT2D eigenvalue weighted by molar-refractivity contribution is -0.386. The first kappa shape index (κ1) is 14.2. The molecule has 0 N–H and O–H groups in total. The SMILES string of the molecule is N#Cc1ncc([N+](=O)[O-])c(C(F)F)c1S(=O)(=O)Cl. The van der Waals surface area contributed by atoms with Gasteiger partial charge in [0.2, 0.25) is 0 Å². The third kappa shape index (κ3) is 2.52. The van der Waals surface area contributed by atoms with E-state index in [-0.39, 0.29) is 0 Å². The van der Waals surface area contributed by atoms with E-state index in [1.807, 2.05) is 0 Å². The van der Waals surface area contributed by atoms with Crippen LogP contribution in [0.25, 0.3) is 0 Å². The van der Waals surface area contributed by atoms with Gasteiger partial charge in [0, 0.05) is 10.7 Å². The van der Waals surface area contributed by atoms with Crippen LogP contribution in [0, 0.1) is 21.4 Å². The molecule has 1 heterocycles. The van der Waals surface area contributed by atoms with Crippen molar-refractivity contribution < 1.29 is 22.1 Å². The minimum absolute atomic E-state index is 0.381. The lowest BCUT2D eigenvalue weighted by atomic mass is 10.2. The molecule has 11 heteroatoms. The molecule has 0 saturated carbocycles. The molecule has 18 heavy (non-hydrogen) atoms. The second-order valence-electron chi connectivity index (χ2n) is 2.84. The van der Waals surface area contributed by atoms with Gasteiger partial charge in [-0.05, 0) is 0 Å². The summed E-state index contributed by atoms with van der Waals surface area (Å²) < 4.78 is 47.7. The predicted octanol–water partition coefficient (Wildman–Crippen LogP) is 1.73. The van der Waals surface area contributed by atoms with Crippen LogP contribution in [0.3, 0.4) is 0 Å². The maximum Gasteiger partial charge on any atom is 0.297 e. The third-order valence-corrected chi connectivity index (χ3v) is 3.18. The van der Waals surface area contributed by atoms with Crippen LogP contribution in [0.2, 0.25) is 0 Å². The quantitative estimate of drug-likeness (QED) is 0.477. The van der Waals surface area contributed by atoms with Crippen LogP contribution >= 0.6 is 10.7 Å². The summed E-state index contributed by atoms with van der Waals surface area (Å²) in [6.07, 6.45) is -3.12. The Morgan fingerprint density at radius 2 is 2.11 bits per heavy atom. The number of nitrogens with zero attached hydrogens (tertiary/aromatic N) is 3. The monoisotopic (exact) mass is 297 g/mol. The molecule has 0 aromatic carbocycles. The Morgan fingerprint density at radius 3 is 2.44 bits per heavy atom. The standard InChI is InChI=1S/C7H2ClF2N3O4S/c8-18(16,17)6-3(1-11)12-2-4(13(14)15)5(6)7(9)10/h2,7H. The number of nitro groups is 1. The number of halogens is 3. The number of aromatic nitrogens is 1. The zero-order valence-corrected chi connectivity index (χ0v) is 9.74. The highest BCUT2D eigenvalue weighted by Gasteiger charge is 2.34. The van der Waals surface area contributed by atoms with Crippen LogP contribution in [0.4, 0.5) is 14.5 Å². The highest BCUT2D eigenvalue weighted by molar-refractivity contribution is 8.13. The summed E-state index contributed by atoms with van der Waals surface area (Å²) in [4.78, 5) is 11.1. The van der Waals surface area contributed by atoms with Crippen molar-refractivity contribution in [2.75, 3.05) is 0 Å². The molecule has 0 fully saturated rings. The predicted molar refractivity (Wildman–Crippen MR) is 53.6 cm³/mol. The molecule has 0 aliphatic heterocycles. The fourth-order valence-electron chi connectivity index (χ4n) is 1.18. The maximum absolute atomic E-state index is 12.7. The van der Waals surface area contributed by atoms with Gasteiger partial charge in [0.25, 0.3) is 21.2 Å². The zero-order valence-electron chi connectivity index (χ0n) is 8.17. The fourth-order valence-corrected chi connectivity index (χ4v) is 2.43. The van der Waals surface area contributed by atoms with E-state index in [9.17, 15) is 27.3 Å². The molecule has 7 nitrogen and oxygen atoms in total. The number of nitriles is 1. The molecule has 0 spiro atoms. The molecule has 0 aliphatic carbocycles. The Hall–Kier alpha value is -1.86. The normalized spacial score (nSPS) is 11.3. The Kier molecular flexibility index (Phi) is 3.78. The van der Waals surface area contributed by atoms with Crippen molar-refractivity contribution in [2.24, 2.45) is 0 Å². The van der Waals surface area contributed by atoms with E-state index in [0.29, 0.717) is 6.20 Å². The molecule has 1 rings (SSSR count). The first-order valence-corrected chi connectivity index (χ1v) is 6.31. The maximum atomic E-state index is 12.7. The van der Waals surface area contributed by atoms with Crippen molar-refractivity contribution >= 4 is 25.4 Å². The minimum Gasteiger partial charge on any atom is -0.258 e. The van der Waals surface area contributed by atoms with Crippen molar-refractivity contribution in [3.05, 3.63) is 27.6 Å². The molecule has 96 valence electrons. The highest BCUT2D eigenvalue weighted by Crippen LogP contribution is 2.36. The van der Waals surface area contributed by atoms with Gasteiger partial charge in [0.15, 0.2) is 5.69 Å². The zero-order chi connectivity index (χ0) is 14.1. The number of alkyl halides is 2. The van der Waals surface area contributed by atoms with Crippen molar-refractivity contribution in [3.63, 3.8) is 0 Å². The number of hydrogen-bond donors (Lipinski definition) is 0. The van der Waals surface area contributed by atoms with E-state index in [1.54, 1.807) is 0 Å². The van der Waals surface area contributed by atoms with Gasteiger partial charge in [-0.3, -0.25) is 10.1 Å². The molecule has 0 amide bonds. The smallest absolute Gasteiger partial charge is 0.258 e. The van der Waals surface area contributed by atoms with Gasteiger partial charge in [-0.25, -0.2) is 22.2 Å². The van der Waals surface area contributed by atoms with Crippen LogP contribution < -0.4 is 0 Å². The second-order valence-corrected chi connectivity index (χ2v) is 5.35. The molecule has 0 unspecified atom stereocenters. The van der Waals surface area contributed by atoms with E-state index in [2.05, 4.69) is 4.98 Å². The Labute approximate surface area is 103 Å².